The second kappa shape index (κ2) is 5.84. The maximum atomic E-state index is 15.8. The quantitative estimate of drug-likeness (QED) is 0.638. The first-order valence-electron chi connectivity index (χ1n) is 9.02. The molecule has 1 aromatic carbocycles. The van der Waals surface area contributed by atoms with Crippen molar-refractivity contribution >= 4 is 23.5 Å². The molecule has 3 atom stereocenters. The first-order valence-corrected chi connectivity index (χ1v) is 11.0. The van der Waals surface area contributed by atoms with Crippen molar-refractivity contribution in [2.24, 2.45) is 11.8 Å². The Hall–Kier alpha value is -1.35. The normalized spacial score (nSPS) is 29.8. The Bertz CT molecular complexity index is 937. The number of halogens is 4. The van der Waals surface area contributed by atoms with Crippen LogP contribution >= 0.6 is 23.5 Å². The van der Waals surface area contributed by atoms with Crippen LogP contribution in [-0.4, -0.2) is 28.4 Å². The topological polar surface area (TPSA) is 27.1 Å². The number of ether oxygens (including phenoxy) is 1. The summed E-state index contributed by atoms with van der Waals surface area (Å²) < 4.78 is 63.0. The maximum absolute atomic E-state index is 15.8. The van der Waals surface area contributed by atoms with Crippen molar-refractivity contribution in [3.63, 3.8) is 0 Å². The van der Waals surface area contributed by atoms with E-state index in [1.54, 1.807) is 61.8 Å². The monoisotopic (exact) mass is 430 g/mol. The predicted molar refractivity (Wildman–Crippen MR) is 101 cm³/mol. The van der Waals surface area contributed by atoms with Gasteiger partial charge in [0.1, 0.15) is 15.5 Å². The van der Waals surface area contributed by atoms with Crippen LogP contribution in [0.2, 0.25) is 0 Å². The Morgan fingerprint density at radius 2 is 1.86 bits per heavy atom. The van der Waals surface area contributed by atoms with Gasteiger partial charge < -0.3 is 4.74 Å². The number of hydrogen-bond donors (Lipinski definition) is 0. The molecule has 0 N–H and O–H groups in total. The van der Waals surface area contributed by atoms with E-state index in [1.807, 2.05) is 0 Å². The third kappa shape index (κ3) is 2.29. The smallest absolute Gasteiger partial charge is 0.435 e. The molecule has 5 rings (SSSR count). The van der Waals surface area contributed by atoms with Gasteiger partial charge in [0.15, 0.2) is 5.69 Å². The highest BCUT2D eigenvalue weighted by Gasteiger charge is 2.82. The van der Waals surface area contributed by atoms with Crippen molar-refractivity contribution in [1.82, 2.24) is 9.78 Å². The summed E-state index contributed by atoms with van der Waals surface area (Å²) in [5.74, 6) is 1.44. The molecule has 9 heteroatoms. The van der Waals surface area contributed by atoms with E-state index in [0.717, 1.165) is 17.1 Å². The second-order valence-electron chi connectivity index (χ2n) is 7.47. The summed E-state index contributed by atoms with van der Waals surface area (Å²) in [6.07, 6.45) is -4.68. The van der Waals surface area contributed by atoms with Crippen LogP contribution < -0.4 is 4.74 Å². The lowest BCUT2D eigenvalue weighted by Crippen LogP contribution is -2.22. The molecule has 2 aromatic rings. The molecule has 1 aromatic heterocycles. The second-order valence-corrected chi connectivity index (χ2v) is 10.4. The molecule has 1 saturated heterocycles. The largest absolute Gasteiger partial charge is 0.497 e. The molecule has 1 spiro atoms. The zero-order valence-electron chi connectivity index (χ0n) is 15.2. The zero-order chi connectivity index (χ0) is 19.9. The summed E-state index contributed by atoms with van der Waals surface area (Å²) in [4.78, 5) is 0. The van der Waals surface area contributed by atoms with E-state index in [-0.39, 0.29) is 12.1 Å². The number of thioether (sulfide) groups is 2. The van der Waals surface area contributed by atoms with Gasteiger partial charge in [-0.1, -0.05) is 19.1 Å². The van der Waals surface area contributed by atoms with Crippen LogP contribution in [0.4, 0.5) is 17.6 Å². The fraction of sp³-hybridized carbons (Fsp3) is 0.526. The van der Waals surface area contributed by atoms with Crippen LogP contribution in [0.1, 0.15) is 29.4 Å². The number of benzene rings is 1. The Kier molecular flexibility index (Phi) is 3.89. The van der Waals surface area contributed by atoms with E-state index in [9.17, 15) is 13.2 Å². The summed E-state index contributed by atoms with van der Waals surface area (Å²) in [7, 11) is 1.55. The fourth-order valence-electron chi connectivity index (χ4n) is 4.80. The number of fused-ring (bicyclic) bond motifs is 5. The van der Waals surface area contributed by atoms with Crippen molar-refractivity contribution in [3.8, 4) is 5.75 Å². The van der Waals surface area contributed by atoms with Crippen molar-refractivity contribution in [3.05, 3.63) is 46.8 Å². The highest BCUT2D eigenvalue weighted by molar-refractivity contribution is 8.20. The van der Waals surface area contributed by atoms with Gasteiger partial charge in [0, 0.05) is 28.9 Å². The third-order valence-corrected chi connectivity index (χ3v) is 9.59. The molecule has 3 aliphatic rings. The molecule has 3 nitrogen and oxygen atoms in total. The fourth-order valence-corrected chi connectivity index (χ4v) is 8.70. The van der Waals surface area contributed by atoms with Gasteiger partial charge in [-0.05, 0) is 17.7 Å². The molecule has 1 saturated carbocycles. The zero-order valence-corrected chi connectivity index (χ0v) is 16.8. The van der Waals surface area contributed by atoms with Gasteiger partial charge in [0.2, 0.25) is 0 Å². The third-order valence-electron chi connectivity index (χ3n) is 6.06. The van der Waals surface area contributed by atoms with E-state index in [0.29, 0.717) is 11.4 Å². The Morgan fingerprint density at radius 3 is 2.43 bits per heavy atom. The van der Waals surface area contributed by atoms with Crippen molar-refractivity contribution in [2.75, 3.05) is 18.6 Å². The van der Waals surface area contributed by atoms with Crippen molar-refractivity contribution in [1.29, 1.82) is 0 Å². The van der Waals surface area contributed by atoms with Gasteiger partial charge >= 0.3 is 6.18 Å². The number of alkyl halides is 4. The van der Waals surface area contributed by atoms with Gasteiger partial charge in [-0.2, -0.15) is 18.3 Å². The first kappa shape index (κ1) is 18.7. The van der Waals surface area contributed by atoms with Gasteiger partial charge in [-0.15, -0.1) is 23.5 Å². The molecule has 2 aliphatic carbocycles. The van der Waals surface area contributed by atoms with Crippen molar-refractivity contribution in [2.45, 2.75) is 29.4 Å². The molecule has 2 fully saturated rings. The van der Waals surface area contributed by atoms with Gasteiger partial charge in [-0.25, -0.2) is 4.39 Å². The van der Waals surface area contributed by atoms with E-state index >= 15 is 4.39 Å². The van der Waals surface area contributed by atoms with Crippen LogP contribution in [0.5, 0.6) is 5.75 Å². The minimum atomic E-state index is -4.68. The van der Waals surface area contributed by atoms with E-state index in [2.05, 4.69) is 5.10 Å². The van der Waals surface area contributed by atoms with Crippen LogP contribution in [0.25, 0.3) is 0 Å². The van der Waals surface area contributed by atoms with Gasteiger partial charge in [0.25, 0.3) is 0 Å². The number of methoxy groups -OCH3 is 1. The predicted octanol–water partition coefficient (Wildman–Crippen LogP) is 5.04. The lowest BCUT2D eigenvalue weighted by Gasteiger charge is -2.26. The highest BCUT2D eigenvalue weighted by atomic mass is 32.2. The standard InChI is InChI=1S/C19H18F4N2OS2/c1-10-14-17(10,20)13-15(19(21,22)23)24-25(16(13)18(14)27-7-8-28-18)9-11-3-5-12(26-2)6-4-11/h3-6,10,14H,7-9H2,1-2H3. The minimum Gasteiger partial charge on any atom is -0.497 e. The van der Waals surface area contributed by atoms with Crippen LogP contribution in [0, 0.1) is 11.8 Å². The van der Waals surface area contributed by atoms with Gasteiger partial charge in [0.05, 0.1) is 19.3 Å². The molecule has 0 radical (unpaired) electrons. The molecular weight excluding hydrogens is 412 g/mol. The molecule has 1 aliphatic heterocycles. The molecule has 0 amide bonds. The van der Waals surface area contributed by atoms with Crippen molar-refractivity contribution < 1.29 is 22.3 Å². The molecule has 150 valence electrons. The SMILES string of the molecule is COc1ccc(Cn2nc(C(F)(F)F)c3c2C2(SCCS2)C2C(C)C32F)cc1. The Morgan fingerprint density at radius 1 is 1.21 bits per heavy atom. The van der Waals surface area contributed by atoms with Crippen LogP contribution in [-0.2, 0) is 22.5 Å². The number of nitrogens with zero attached hydrogens (tertiary/aromatic N) is 2. The molecule has 0 bridgehead atoms. The average Bonchev–Trinajstić information content (AvgIpc) is 3.09. The highest BCUT2D eigenvalue weighted by Crippen LogP contribution is 2.81. The summed E-state index contributed by atoms with van der Waals surface area (Å²) >= 11 is 3.15. The summed E-state index contributed by atoms with van der Waals surface area (Å²) in [5, 5.41) is 3.91. The lowest BCUT2D eigenvalue weighted by molar-refractivity contribution is -0.142. The summed E-state index contributed by atoms with van der Waals surface area (Å²) in [6, 6.07) is 7.11. The Balaban J connectivity index is 1.66. The first-order chi connectivity index (χ1) is 13.2. The molecule has 3 unspecified atom stereocenters. The summed E-state index contributed by atoms with van der Waals surface area (Å²) in [5.41, 5.74) is -1.98. The summed E-state index contributed by atoms with van der Waals surface area (Å²) in [6.45, 7) is 1.89. The molecule has 2 heterocycles. The van der Waals surface area contributed by atoms with Gasteiger partial charge in [-0.3, -0.25) is 4.68 Å². The lowest BCUT2D eigenvalue weighted by atomic mass is 10.0. The molecule has 28 heavy (non-hydrogen) atoms. The number of hydrogen-bond acceptors (Lipinski definition) is 4. The molecular formula is C19H18F4N2OS2. The van der Waals surface area contributed by atoms with E-state index < -0.39 is 33.5 Å². The Labute approximate surface area is 168 Å². The number of aromatic nitrogens is 2. The van der Waals surface area contributed by atoms with E-state index in [1.165, 1.54) is 4.68 Å². The van der Waals surface area contributed by atoms with Crippen LogP contribution in [0.3, 0.4) is 0 Å². The maximum Gasteiger partial charge on any atom is 0.435 e. The number of rotatable bonds is 3. The van der Waals surface area contributed by atoms with E-state index in [4.69, 9.17) is 4.74 Å². The average molecular weight is 430 g/mol. The minimum absolute atomic E-state index is 0.169. The van der Waals surface area contributed by atoms with Crippen LogP contribution in [0.15, 0.2) is 24.3 Å².